The van der Waals surface area contributed by atoms with Gasteiger partial charge in [0.25, 0.3) is 0 Å². The first-order valence-corrected chi connectivity index (χ1v) is 7.70. The third-order valence-electron chi connectivity index (χ3n) is 4.39. The van der Waals surface area contributed by atoms with Crippen LogP contribution in [0.15, 0.2) is 30.3 Å². The fourth-order valence-electron chi connectivity index (χ4n) is 3.06. The molecule has 1 amide bonds. The lowest BCUT2D eigenvalue weighted by molar-refractivity contribution is -0.123. The second-order valence-corrected chi connectivity index (χ2v) is 6.36. The van der Waals surface area contributed by atoms with E-state index in [-0.39, 0.29) is 11.8 Å². The van der Waals surface area contributed by atoms with Gasteiger partial charge in [0.2, 0.25) is 5.91 Å². The van der Waals surface area contributed by atoms with Crippen LogP contribution in [0, 0.1) is 11.8 Å². The van der Waals surface area contributed by atoms with E-state index in [1.54, 1.807) is 37.3 Å². The Morgan fingerprint density at radius 3 is 2.39 bits per heavy atom. The molecule has 1 aromatic rings. The predicted molar refractivity (Wildman–Crippen MR) is 83.6 cm³/mol. The van der Waals surface area contributed by atoms with E-state index in [1.807, 2.05) is 13.8 Å². The summed E-state index contributed by atoms with van der Waals surface area (Å²) in [5, 5.41) is 22.9. The summed E-state index contributed by atoms with van der Waals surface area (Å²) in [7, 11) is 0. The van der Waals surface area contributed by atoms with Gasteiger partial charge in [-0.15, -0.1) is 0 Å². The number of rotatable bonds is 5. The van der Waals surface area contributed by atoms with Crippen LogP contribution in [0.4, 0.5) is 0 Å². The monoisotopic (exact) mass is 321 g/mol. The van der Waals surface area contributed by atoms with E-state index in [4.69, 9.17) is 4.74 Å². The number of aliphatic hydroxyl groups excluding tert-OH is 2. The molecular formula is C17H23NO5. The first kappa shape index (κ1) is 17.4. The van der Waals surface area contributed by atoms with Crippen LogP contribution < -0.4 is 5.32 Å². The number of carbonyl (C=O) groups is 2. The van der Waals surface area contributed by atoms with Gasteiger partial charge in [-0.2, -0.15) is 0 Å². The molecule has 1 fully saturated rings. The summed E-state index contributed by atoms with van der Waals surface area (Å²) in [4.78, 5) is 24.3. The fraction of sp³-hybridized carbons (Fsp3) is 0.529. The van der Waals surface area contributed by atoms with Crippen molar-refractivity contribution in [3.8, 4) is 0 Å². The Morgan fingerprint density at radius 2 is 1.96 bits per heavy atom. The standard InChI is InChI=1S/C17H23NO5/c1-10(2)14(23-16(22)12-7-5-4-6-8-12)17(9-19)13(20)11(3)15(21)18-17/h4-8,10-11,13-14,19-20H,9H2,1-3H3,(H,18,21)/t11-,13-,14-,17-/m0/s1. The molecule has 3 N–H and O–H groups in total. The van der Waals surface area contributed by atoms with Gasteiger partial charge in [-0.05, 0) is 18.1 Å². The van der Waals surface area contributed by atoms with Crippen molar-refractivity contribution in [2.75, 3.05) is 6.61 Å². The summed E-state index contributed by atoms with van der Waals surface area (Å²) in [6.45, 7) is 4.67. The van der Waals surface area contributed by atoms with E-state index in [0.717, 1.165) is 0 Å². The van der Waals surface area contributed by atoms with Gasteiger partial charge in [0, 0.05) is 0 Å². The van der Waals surface area contributed by atoms with Crippen molar-refractivity contribution in [2.24, 2.45) is 11.8 Å². The number of aliphatic hydroxyl groups is 2. The Bertz CT molecular complexity index is 574. The zero-order valence-corrected chi connectivity index (χ0v) is 13.5. The molecule has 1 aliphatic heterocycles. The smallest absolute Gasteiger partial charge is 0.338 e. The Kier molecular flexibility index (Phi) is 5.06. The van der Waals surface area contributed by atoms with E-state index in [1.165, 1.54) is 0 Å². The Balaban J connectivity index is 2.31. The Morgan fingerprint density at radius 1 is 1.35 bits per heavy atom. The highest BCUT2D eigenvalue weighted by Gasteiger charge is 2.57. The second-order valence-electron chi connectivity index (χ2n) is 6.36. The minimum atomic E-state index is -1.39. The largest absolute Gasteiger partial charge is 0.456 e. The average Bonchev–Trinajstić information content (AvgIpc) is 2.77. The lowest BCUT2D eigenvalue weighted by Crippen LogP contribution is -2.63. The van der Waals surface area contributed by atoms with Crippen molar-refractivity contribution in [2.45, 2.75) is 38.5 Å². The van der Waals surface area contributed by atoms with Crippen LogP contribution in [-0.2, 0) is 9.53 Å². The van der Waals surface area contributed by atoms with E-state index in [0.29, 0.717) is 5.56 Å². The first-order valence-electron chi connectivity index (χ1n) is 7.70. The highest BCUT2D eigenvalue weighted by atomic mass is 16.5. The van der Waals surface area contributed by atoms with E-state index in [2.05, 4.69) is 5.32 Å². The maximum atomic E-state index is 12.3. The summed E-state index contributed by atoms with van der Waals surface area (Å²) in [5.74, 6) is -1.82. The van der Waals surface area contributed by atoms with Crippen LogP contribution in [0.5, 0.6) is 0 Å². The molecule has 6 heteroatoms. The van der Waals surface area contributed by atoms with Crippen LogP contribution in [0.25, 0.3) is 0 Å². The molecule has 1 heterocycles. The lowest BCUT2D eigenvalue weighted by atomic mass is 9.80. The van der Waals surface area contributed by atoms with Crippen molar-refractivity contribution < 1.29 is 24.5 Å². The molecule has 0 aromatic heterocycles. The van der Waals surface area contributed by atoms with Crippen molar-refractivity contribution in [3.63, 3.8) is 0 Å². The molecule has 0 bridgehead atoms. The van der Waals surface area contributed by atoms with Gasteiger partial charge in [0.1, 0.15) is 11.6 Å². The number of esters is 1. The number of ether oxygens (including phenoxy) is 1. The van der Waals surface area contributed by atoms with Gasteiger partial charge in [0.05, 0.1) is 24.2 Å². The van der Waals surface area contributed by atoms with Crippen LogP contribution in [0.1, 0.15) is 31.1 Å². The van der Waals surface area contributed by atoms with Gasteiger partial charge in [-0.25, -0.2) is 4.79 Å². The van der Waals surface area contributed by atoms with Crippen LogP contribution in [-0.4, -0.2) is 46.4 Å². The molecule has 2 rings (SSSR count). The number of hydrogen-bond donors (Lipinski definition) is 3. The number of hydrogen-bond acceptors (Lipinski definition) is 5. The van der Waals surface area contributed by atoms with E-state index < -0.39 is 36.2 Å². The average molecular weight is 321 g/mol. The fourth-order valence-corrected chi connectivity index (χ4v) is 3.06. The lowest BCUT2D eigenvalue weighted by Gasteiger charge is -2.40. The highest BCUT2D eigenvalue weighted by Crippen LogP contribution is 2.34. The maximum Gasteiger partial charge on any atom is 0.338 e. The van der Waals surface area contributed by atoms with E-state index >= 15 is 0 Å². The number of carbonyl (C=O) groups excluding carboxylic acids is 2. The minimum Gasteiger partial charge on any atom is -0.456 e. The molecule has 1 saturated heterocycles. The zero-order valence-electron chi connectivity index (χ0n) is 13.5. The Hall–Kier alpha value is -1.92. The predicted octanol–water partition coefficient (Wildman–Crippen LogP) is 0.726. The SMILES string of the molecule is CC(C)[C@H](OC(=O)c1ccccc1)[C@@]1(CO)NC(=O)[C@@H](C)[C@@H]1O. The third kappa shape index (κ3) is 3.09. The quantitative estimate of drug-likeness (QED) is 0.695. The van der Waals surface area contributed by atoms with E-state index in [9.17, 15) is 19.8 Å². The van der Waals surface area contributed by atoms with Crippen molar-refractivity contribution in [1.82, 2.24) is 5.32 Å². The summed E-state index contributed by atoms with van der Waals surface area (Å²) in [6, 6.07) is 8.47. The molecular weight excluding hydrogens is 298 g/mol. The van der Waals surface area contributed by atoms with Gasteiger partial charge in [-0.3, -0.25) is 4.79 Å². The molecule has 4 atom stereocenters. The molecule has 126 valence electrons. The van der Waals surface area contributed by atoms with Gasteiger partial charge < -0.3 is 20.3 Å². The normalized spacial score (nSPS) is 28.5. The van der Waals surface area contributed by atoms with Crippen molar-refractivity contribution in [1.29, 1.82) is 0 Å². The van der Waals surface area contributed by atoms with Gasteiger partial charge in [-0.1, -0.05) is 39.0 Å². The highest BCUT2D eigenvalue weighted by molar-refractivity contribution is 5.89. The molecule has 0 unspecified atom stereocenters. The van der Waals surface area contributed by atoms with Crippen molar-refractivity contribution >= 4 is 11.9 Å². The van der Waals surface area contributed by atoms with Crippen LogP contribution in [0.2, 0.25) is 0 Å². The molecule has 0 spiro atoms. The van der Waals surface area contributed by atoms with Crippen molar-refractivity contribution in [3.05, 3.63) is 35.9 Å². The second kappa shape index (κ2) is 6.68. The number of nitrogens with one attached hydrogen (secondary N) is 1. The summed E-state index contributed by atoms with van der Waals surface area (Å²) >= 11 is 0. The third-order valence-corrected chi connectivity index (χ3v) is 4.39. The number of amides is 1. The van der Waals surface area contributed by atoms with Crippen LogP contribution in [0.3, 0.4) is 0 Å². The topological polar surface area (TPSA) is 95.9 Å². The minimum absolute atomic E-state index is 0.213. The molecule has 1 aromatic carbocycles. The van der Waals surface area contributed by atoms with Crippen LogP contribution >= 0.6 is 0 Å². The van der Waals surface area contributed by atoms with Gasteiger partial charge >= 0.3 is 5.97 Å². The summed E-state index contributed by atoms with van der Waals surface area (Å²) < 4.78 is 5.57. The molecule has 0 aliphatic carbocycles. The first-order chi connectivity index (χ1) is 10.8. The zero-order chi connectivity index (χ0) is 17.2. The molecule has 6 nitrogen and oxygen atoms in total. The number of benzene rings is 1. The van der Waals surface area contributed by atoms with Gasteiger partial charge in [0.15, 0.2) is 0 Å². The molecule has 0 radical (unpaired) electrons. The molecule has 0 saturated carbocycles. The summed E-state index contributed by atoms with van der Waals surface area (Å²) in [5.41, 5.74) is -1.02. The Labute approximate surface area is 135 Å². The maximum absolute atomic E-state index is 12.3. The summed E-state index contributed by atoms with van der Waals surface area (Å²) in [6.07, 6.45) is -2.00. The molecule has 23 heavy (non-hydrogen) atoms. The molecule has 1 aliphatic rings.